The van der Waals surface area contributed by atoms with Gasteiger partial charge in [-0.15, -0.1) is 0 Å². The summed E-state index contributed by atoms with van der Waals surface area (Å²) in [5.74, 6) is -1.42. The first-order valence-corrected chi connectivity index (χ1v) is 4.15. The number of carbonyl (C=O) groups excluding carboxylic acids is 1. The molecule has 5 heteroatoms. The van der Waals surface area contributed by atoms with Crippen molar-refractivity contribution in [3.8, 4) is 6.07 Å². The van der Waals surface area contributed by atoms with E-state index in [-0.39, 0.29) is 17.7 Å². The van der Waals surface area contributed by atoms with Crippen molar-refractivity contribution in [3.63, 3.8) is 0 Å². The molecule has 1 aromatic rings. The summed E-state index contributed by atoms with van der Waals surface area (Å²) in [6.45, 7) is 0.0411. The van der Waals surface area contributed by atoms with Gasteiger partial charge in [0.15, 0.2) is 0 Å². The van der Waals surface area contributed by atoms with Gasteiger partial charge >= 0.3 is 5.97 Å². The Balaban J connectivity index is 3.35. The van der Waals surface area contributed by atoms with Crippen molar-refractivity contribution in [2.24, 2.45) is 5.73 Å². The number of rotatable bonds is 2. The average Bonchev–Trinajstić information content (AvgIpc) is 2.27. The molecule has 1 aromatic carbocycles. The van der Waals surface area contributed by atoms with E-state index in [1.54, 1.807) is 6.07 Å². The van der Waals surface area contributed by atoms with E-state index in [1.165, 1.54) is 13.2 Å². The Bertz CT molecular complexity index is 438. The highest BCUT2D eigenvalue weighted by molar-refractivity contribution is 5.91. The zero-order valence-corrected chi connectivity index (χ0v) is 8.08. The first-order chi connectivity index (χ1) is 7.13. The second-order valence-electron chi connectivity index (χ2n) is 2.80. The minimum absolute atomic E-state index is 0.0411. The van der Waals surface area contributed by atoms with Gasteiger partial charge in [0, 0.05) is 6.54 Å². The molecule has 0 fully saturated rings. The summed E-state index contributed by atoms with van der Waals surface area (Å²) in [5, 5.41) is 8.58. The van der Waals surface area contributed by atoms with Gasteiger partial charge in [0.2, 0.25) is 0 Å². The van der Waals surface area contributed by atoms with Crippen LogP contribution in [0.1, 0.15) is 21.5 Å². The van der Waals surface area contributed by atoms with E-state index >= 15 is 0 Å². The first-order valence-electron chi connectivity index (χ1n) is 4.15. The van der Waals surface area contributed by atoms with E-state index in [9.17, 15) is 9.18 Å². The third-order valence-electron chi connectivity index (χ3n) is 1.94. The number of carbonyl (C=O) groups is 1. The number of methoxy groups -OCH3 is 1. The van der Waals surface area contributed by atoms with Gasteiger partial charge in [0.25, 0.3) is 0 Å². The van der Waals surface area contributed by atoms with E-state index in [1.807, 2.05) is 0 Å². The maximum atomic E-state index is 13.2. The molecule has 0 radical (unpaired) electrons. The molecular formula is C10H9FN2O2. The molecule has 2 N–H and O–H groups in total. The van der Waals surface area contributed by atoms with Gasteiger partial charge in [-0.05, 0) is 17.7 Å². The molecule has 15 heavy (non-hydrogen) atoms. The summed E-state index contributed by atoms with van der Waals surface area (Å²) in [6, 6.07) is 3.89. The highest BCUT2D eigenvalue weighted by atomic mass is 19.1. The summed E-state index contributed by atoms with van der Waals surface area (Å²) in [6.07, 6.45) is 0. The second kappa shape index (κ2) is 4.53. The molecule has 1 rings (SSSR count). The van der Waals surface area contributed by atoms with Crippen LogP contribution >= 0.6 is 0 Å². The van der Waals surface area contributed by atoms with Crippen molar-refractivity contribution in [2.75, 3.05) is 7.11 Å². The fourth-order valence-electron chi connectivity index (χ4n) is 1.17. The van der Waals surface area contributed by atoms with Gasteiger partial charge in [0.1, 0.15) is 11.9 Å². The minimum Gasteiger partial charge on any atom is -0.465 e. The van der Waals surface area contributed by atoms with E-state index in [0.29, 0.717) is 5.56 Å². The molecule has 0 heterocycles. The van der Waals surface area contributed by atoms with Gasteiger partial charge in [-0.3, -0.25) is 0 Å². The lowest BCUT2D eigenvalue weighted by atomic mass is 10.0. The third kappa shape index (κ3) is 2.11. The SMILES string of the molecule is COC(=O)c1cc(F)c(C#N)cc1CN. The fourth-order valence-corrected chi connectivity index (χ4v) is 1.17. The largest absolute Gasteiger partial charge is 0.465 e. The van der Waals surface area contributed by atoms with Crippen LogP contribution in [-0.4, -0.2) is 13.1 Å². The highest BCUT2D eigenvalue weighted by Gasteiger charge is 2.15. The normalized spacial score (nSPS) is 9.47. The summed E-state index contributed by atoms with van der Waals surface area (Å²) >= 11 is 0. The van der Waals surface area contributed by atoms with E-state index in [0.717, 1.165) is 6.07 Å². The van der Waals surface area contributed by atoms with Crippen molar-refractivity contribution in [1.29, 1.82) is 5.26 Å². The Kier molecular flexibility index (Phi) is 3.37. The smallest absolute Gasteiger partial charge is 0.338 e. The summed E-state index contributed by atoms with van der Waals surface area (Å²) in [4.78, 5) is 11.2. The third-order valence-corrected chi connectivity index (χ3v) is 1.94. The first kappa shape index (κ1) is 11.1. The number of esters is 1. The van der Waals surface area contributed by atoms with Crippen LogP contribution in [0.15, 0.2) is 12.1 Å². The van der Waals surface area contributed by atoms with E-state index in [4.69, 9.17) is 11.0 Å². The fraction of sp³-hybridized carbons (Fsp3) is 0.200. The number of ether oxygens (including phenoxy) is 1. The molecule has 0 bridgehead atoms. The molecule has 4 nitrogen and oxygen atoms in total. The number of nitrogens with two attached hydrogens (primary N) is 1. The number of benzene rings is 1. The Labute approximate surface area is 86.1 Å². The topological polar surface area (TPSA) is 76.1 Å². The van der Waals surface area contributed by atoms with Gasteiger partial charge in [-0.1, -0.05) is 0 Å². The lowest BCUT2D eigenvalue weighted by Crippen LogP contribution is -2.10. The van der Waals surface area contributed by atoms with Gasteiger partial charge in [-0.2, -0.15) is 5.26 Å². The predicted octanol–water partition coefficient (Wildman–Crippen LogP) is 0.943. The van der Waals surface area contributed by atoms with Crippen LogP contribution in [0.3, 0.4) is 0 Å². The van der Waals surface area contributed by atoms with Crippen LogP contribution < -0.4 is 5.73 Å². The van der Waals surface area contributed by atoms with Crippen LogP contribution in [0.25, 0.3) is 0 Å². The maximum Gasteiger partial charge on any atom is 0.338 e. The zero-order chi connectivity index (χ0) is 11.4. The summed E-state index contributed by atoms with van der Waals surface area (Å²) < 4.78 is 17.7. The molecule has 0 aliphatic heterocycles. The lowest BCUT2D eigenvalue weighted by Gasteiger charge is -2.06. The number of hydrogen-bond donors (Lipinski definition) is 1. The number of hydrogen-bond acceptors (Lipinski definition) is 4. The molecule has 78 valence electrons. The molecule has 0 saturated carbocycles. The van der Waals surface area contributed by atoms with Gasteiger partial charge < -0.3 is 10.5 Å². The van der Waals surface area contributed by atoms with Gasteiger partial charge in [0.05, 0.1) is 18.2 Å². The quantitative estimate of drug-likeness (QED) is 0.734. The Morgan fingerprint density at radius 1 is 1.67 bits per heavy atom. The Morgan fingerprint density at radius 3 is 2.80 bits per heavy atom. The zero-order valence-electron chi connectivity index (χ0n) is 8.08. The van der Waals surface area contributed by atoms with Crippen LogP contribution in [0.5, 0.6) is 0 Å². The van der Waals surface area contributed by atoms with E-state index in [2.05, 4.69) is 4.74 Å². The highest BCUT2D eigenvalue weighted by Crippen LogP contribution is 2.16. The number of nitrogens with zero attached hydrogens (tertiary/aromatic N) is 1. The molecule has 0 aliphatic rings. The van der Waals surface area contributed by atoms with Crippen molar-refractivity contribution >= 4 is 5.97 Å². The van der Waals surface area contributed by atoms with Crippen molar-refractivity contribution < 1.29 is 13.9 Å². The monoisotopic (exact) mass is 208 g/mol. The van der Waals surface area contributed by atoms with Crippen LogP contribution in [-0.2, 0) is 11.3 Å². The lowest BCUT2D eigenvalue weighted by molar-refractivity contribution is 0.0599. The molecule has 0 spiro atoms. The molecule has 0 aliphatic carbocycles. The molecular weight excluding hydrogens is 199 g/mol. The number of nitriles is 1. The molecule has 0 amide bonds. The van der Waals surface area contributed by atoms with E-state index < -0.39 is 11.8 Å². The van der Waals surface area contributed by atoms with Crippen molar-refractivity contribution in [1.82, 2.24) is 0 Å². The van der Waals surface area contributed by atoms with Gasteiger partial charge in [-0.25, -0.2) is 9.18 Å². The van der Waals surface area contributed by atoms with Crippen LogP contribution in [0.4, 0.5) is 4.39 Å². The molecule has 0 saturated heterocycles. The van der Waals surface area contributed by atoms with Crippen LogP contribution in [0, 0.1) is 17.1 Å². The van der Waals surface area contributed by atoms with Crippen molar-refractivity contribution in [2.45, 2.75) is 6.54 Å². The standard InChI is InChI=1S/C10H9FN2O2/c1-15-10(14)8-3-9(11)7(5-13)2-6(8)4-12/h2-3H,4,12H2,1H3. The Morgan fingerprint density at radius 2 is 2.33 bits per heavy atom. The Hall–Kier alpha value is -1.93. The molecule has 0 unspecified atom stereocenters. The summed E-state index contributed by atoms with van der Waals surface area (Å²) in [5.41, 5.74) is 5.68. The van der Waals surface area contributed by atoms with Crippen molar-refractivity contribution in [3.05, 3.63) is 34.6 Å². The maximum absolute atomic E-state index is 13.2. The number of halogens is 1. The minimum atomic E-state index is -0.755. The molecule has 0 aromatic heterocycles. The second-order valence-corrected chi connectivity index (χ2v) is 2.80. The average molecular weight is 208 g/mol. The summed E-state index contributed by atoms with van der Waals surface area (Å²) in [7, 11) is 1.19. The predicted molar refractivity (Wildman–Crippen MR) is 50.3 cm³/mol. The van der Waals surface area contributed by atoms with Crippen LogP contribution in [0.2, 0.25) is 0 Å². The molecule has 0 atom stereocenters.